The van der Waals surface area contributed by atoms with Crippen LogP contribution in [0.25, 0.3) is 0 Å². The third-order valence-corrected chi connectivity index (χ3v) is 2.41. The first kappa shape index (κ1) is 11.3. The number of hydrazine groups is 1. The number of anilines is 1. The molecule has 0 saturated carbocycles. The lowest BCUT2D eigenvalue weighted by Crippen LogP contribution is -2.09. The smallest absolute Gasteiger partial charge is 0.240 e. The van der Waals surface area contributed by atoms with Crippen molar-refractivity contribution in [1.29, 1.82) is 0 Å². The van der Waals surface area contributed by atoms with E-state index in [1.807, 2.05) is 20.9 Å². The lowest BCUT2D eigenvalue weighted by Gasteiger charge is -2.05. The maximum Gasteiger partial charge on any atom is 0.240 e. The van der Waals surface area contributed by atoms with Gasteiger partial charge in [-0.25, -0.2) is 5.84 Å². The van der Waals surface area contributed by atoms with E-state index in [4.69, 9.17) is 10.6 Å². The average molecular weight is 234 g/mol. The Kier molecular flexibility index (Phi) is 2.92. The van der Waals surface area contributed by atoms with E-state index in [-0.39, 0.29) is 0 Å². The maximum absolute atomic E-state index is 5.65. The van der Waals surface area contributed by atoms with Crippen molar-refractivity contribution in [2.45, 2.75) is 13.8 Å². The van der Waals surface area contributed by atoms with Crippen LogP contribution in [-0.2, 0) is 7.05 Å². The van der Waals surface area contributed by atoms with Crippen molar-refractivity contribution >= 4 is 5.82 Å². The van der Waals surface area contributed by atoms with Gasteiger partial charge < -0.3 is 10.2 Å². The van der Waals surface area contributed by atoms with E-state index < -0.39 is 0 Å². The van der Waals surface area contributed by atoms with Crippen molar-refractivity contribution in [2.24, 2.45) is 12.9 Å². The van der Waals surface area contributed by atoms with Crippen LogP contribution in [0.5, 0.6) is 11.6 Å². The van der Waals surface area contributed by atoms with Crippen molar-refractivity contribution in [3.63, 3.8) is 0 Å². The molecule has 2 aromatic rings. The van der Waals surface area contributed by atoms with Gasteiger partial charge in [-0.3, -0.25) is 9.67 Å². The van der Waals surface area contributed by atoms with Crippen LogP contribution in [0.3, 0.4) is 0 Å². The number of nitrogen functional groups attached to an aromatic ring is 1. The third kappa shape index (κ3) is 2.18. The zero-order valence-corrected chi connectivity index (χ0v) is 9.93. The number of aryl methyl sites for hydroxylation is 2. The fourth-order valence-corrected chi connectivity index (χ4v) is 1.47. The lowest BCUT2D eigenvalue weighted by molar-refractivity contribution is 0.453. The molecule has 0 aromatic carbocycles. The molecule has 7 heteroatoms. The fourth-order valence-electron chi connectivity index (χ4n) is 1.47. The van der Waals surface area contributed by atoms with Crippen LogP contribution in [0.1, 0.15) is 11.4 Å². The first-order valence-electron chi connectivity index (χ1n) is 5.08. The normalized spacial score (nSPS) is 10.4. The van der Waals surface area contributed by atoms with Crippen LogP contribution < -0.4 is 16.0 Å². The predicted octanol–water partition coefficient (Wildman–Crippen LogP) is 0.905. The number of aromatic nitrogens is 4. The number of nitrogens with zero attached hydrogens (tertiary/aromatic N) is 4. The molecular formula is C10H14N6O. The molecule has 0 aliphatic carbocycles. The summed E-state index contributed by atoms with van der Waals surface area (Å²) < 4.78 is 7.40. The Morgan fingerprint density at radius 3 is 2.71 bits per heavy atom. The molecule has 0 saturated heterocycles. The average Bonchev–Trinajstić information content (AvgIpc) is 2.56. The Bertz CT molecular complexity index is 536. The number of nitrogens with two attached hydrogens (primary N) is 1. The van der Waals surface area contributed by atoms with E-state index in [2.05, 4.69) is 20.5 Å². The number of ether oxygens (including phenoxy) is 1. The molecule has 0 amide bonds. The fraction of sp³-hybridized carbons (Fsp3) is 0.300. The van der Waals surface area contributed by atoms with Crippen LogP contribution in [0.4, 0.5) is 5.82 Å². The van der Waals surface area contributed by atoms with E-state index in [1.165, 1.54) is 12.4 Å². The second kappa shape index (κ2) is 4.38. The summed E-state index contributed by atoms with van der Waals surface area (Å²) >= 11 is 0. The molecule has 7 nitrogen and oxygen atoms in total. The maximum atomic E-state index is 5.65. The molecule has 2 rings (SSSR count). The molecule has 0 aliphatic rings. The van der Waals surface area contributed by atoms with Crippen molar-refractivity contribution < 1.29 is 4.74 Å². The molecule has 2 heterocycles. The Labute approximate surface area is 98.6 Å². The minimum atomic E-state index is 0.375. The van der Waals surface area contributed by atoms with E-state index in [1.54, 1.807) is 4.68 Å². The van der Waals surface area contributed by atoms with Gasteiger partial charge in [0.05, 0.1) is 18.1 Å². The molecule has 0 spiro atoms. The molecule has 0 fully saturated rings. The first-order chi connectivity index (χ1) is 8.11. The minimum absolute atomic E-state index is 0.375. The molecule has 0 bridgehead atoms. The van der Waals surface area contributed by atoms with Gasteiger partial charge in [0.25, 0.3) is 0 Å². The summed E-state index contributed by atoms with van der Waals surface area (Å²) in [5, 5.41) is 4.25. The second-order valence-electron chi connectivity index (χ2n) is 3.61. The summed E-state index contributed by atoms with van der Waals surface area (Å²) in [5.41, 5.74) is 4.14. The predicted molar refractivity (Wildman–Crippen MR) is 62.6 cm³/mol. The molecule has 90 valence electrons. The highest BCUT2D eigenvalue weighted by atomic mass is 16.5. The Balaban J connectivity index is 2.31. The molecule has 3 N–H and O–H groups in total. The Hall–Kier alpha value is -2.15. The summed E-state index contributed by atoms with van der Waals surface area (Å²) in [4.78, 5) is 8.08. The SMILES string of the molecule is Cc1nn(C)c(C)c1Oc1cncc(NN)n1. The van der Waals surface area contributed by atoms with Crippen LogP contribution >= 0.6 is 0 Å². The van der Waals surface area contributed by atoms with Crippen molar-refractivity contribution in [3.8, 4) is 11.6 Å². The second-order valence-corrected chi connectivity index (χ2v) is 3.61. The largest absolute Gasteiger partial charge is 0.434 e. The number of rotatable bonds is 3. The summed E-state index contributed by atoms with van der Waals surface area (Å²) in [6, 6.07) is 0. The standard InChI is InChI=1S/C10H14N6O/c1-6-10(7(2)16(3)15-6)17-9-5-12-4-8(13-9)14-11/h4-5H,11H2,1-3H3,(H,13,14). The third-order valence-electron chi connectivity index (χ3n) is 2.41. The van der Waals surface area contributed by atoms with E-state index in [0.29, 0.717) is 17.4 Å². The molecule has 2 aromatic heterocycles. The van der Waals surface area contributed by atoms with Gasteiger partial charge in [0.2, 0.25) is 5.88 Å². The molecule has 0 atom stereocenters. The van der Waals surface area contributed by atoms with Gasteiger partial charge in [-0.05, 0) is 13.8 Å². The Morgan fingerprint density at radius 2 is 2.12 bits per heavy atom. The highest BCUT2D eigenvalue weighted by Gasteiger charge is 2.12. The zero-order chi connectivity index (χ0) is 12.4. The van der Waals surface area contributed by atoms with Crippen molar-refractivity contribution in [2.75, 3.05) is 5.43 Å². The van der Waals surface area contributed by atoms with E-state index in [9.17, 15) is 0 Å². The number of hydrogen-bond acceptors (Lipinski definition) is 6. The van der Waals surface area contributed by atoms with Gasteiger partial charge in [-0.2, -0.15) is 10.1 Å². The Morgan fingerprint density at radius 1 is 1.35 bits per heavy atom. The van der Waals surface area contributed by atoms with Crippen LogP contribution in [0.15, 0.2) is 12.4 Å². The molecule has 0 unspecified atom stereocenters. The summed E-state index contributed by atoms with van der Waals surface area (Å²) in [5.74, 6) is 6.76. The minimum Gasteiger partial charge on any atom is -0.434 e. The quantitative estimate of drug-likeness (QED) is 0.605. The zero-order valence-electron chi connectivity index (χ0n) is 9.93. The highest BCUT2D eigenvalue weighted by Crippen LogP contribution is 2.26. The topological polar surface area (TPSA) is 90.9 Å². The van der Waals surface area contributed by atoms with Crippen LogP contribution in [-0.4, -0.2) is 19.7 Å². The van der Waals surface area contributed by atoms with Crippen molar-refractivity contribution in [3.05, 3.63) is 23.8 Å². The molecule has 0 aliphatic heterocycles. The molecule has 17 heavy (non-hydrogen) atoms. The summed E-state index contributed by atoms with van der Waals surface area (Å²) in [7, 11) is 1.86. The first-order valence-corrected chi connectivity index (χ1v) is 5.08. The van der Waals surface area contributed by atoms with E-state index >= 15 is 0 Å². The highest BCUT2D eigenvalue weighted by molar-refractivity contribution is 5.37. The van der Waals surface area contributed by atoms with Gasteiger partial charge in [0.1, 0.15) is 5.69 Å². The van der Waals surface area contributed by atoms with Gasteiger partial charge in [0.15, 0.2) is 11.6 Å². The molecular weight excluding hydrogens is 220 g/mol. The van der Waals surface area contributed by atoms with Gasteiger partial charge in [-0.1, -0.05) is 0 Å². The van der Waals surface area contributed by atoms with Gasteiger partial charge >= 0.3 is 0 Å². The molecule has 0 radical (unpaired) electrons. The van der Waals surface area contributed by atoms with Crippen molar-refractivity contribution in [1.82, 2.24) is 19.7 Å². The van der Waals surface area contributed by atoms with Gasteiger partial charge in [-0.15, -0.1) is 0 Å². The lowest BCUT2D eigenvalue weighted by atomic mass is 10.3. The summed E-state index contributed by atoms with van der Waals surface area (Å²) in [6.45, 7) is 3.80. The van der Waals surface area contributed by atoms with Crippen LogP contribution in [0.2, 0.25) is 0 Å². The monoisotopic (exact) mass is 234 g/mol. The van der Waals surface area contributed by atoms with Gasteiger partial charge in [0, 0.05) is 7.05 Å². The number of nitrogens with one attached hydrogen (secondary N) is 1. The number of hydrogen-bond donors (Lipinski definition) is 2. The van der Waals surface area contributed by atoms with Crippen LogP contribution in [0, 0.1) is 13.8 Å². The summed E-state index contributed by atoms with van der Waals surface area (Å²) in [6.07, 6.45) is 3.03. The van der Waals surface area contributed by atoms with E-state index in [0.717, 1.165) is 11.4 Å².